The zero-order valence-corrected chi connectivity index (χ0v) is 12.0. The van der Waals surface area contributed by atoms with Crippen LogP contribution in [0.25, 0.3) is 0 Å². The molecule has 4 nitrogen and oxygen atoms in total. The summed E-state index contributed by atoms with van der Waals surface area (Å²) in [7, 11) is 1.69. The van der Waals surface area contributed by atoms with E-state index in [1.807, 2.05) is 13.8 Å². The molecule has 1 aromatic heterocycles. The van der Waals surface area contributed by atoms with E-state index in [9.17, 15) is 13.2 Å². The Morgan fingerprint density at radius 2 is 1.70 bits per heavy atom. The van der Waals surface area contributed by atoms with Crippen LogP contribution >= 0.6 is 0 Å². The Labute approximate surface area is 116 Å². The van der Waals surface area contributed by atoms with Crippen LogP contribution in [0.5, 0.6) is 0 Å². The summed E-state index contributed by atoms with van der Waals surface area (Å²) in [5, 5.41) is 5.49. The Morgan fingerprint density at radius 1 is 1.15 bits per heavy atom. The zero-order chi connectivity index (χ0) is 15.1. The summed E-state index contributed by atoms with van der Waals surface area (Å²) in [6, 6.07) is 0. The summed E-state index contributed by atoms with van der Waals surface area (Å²) in [5.41, 5.74) is -1.21. The number of halogens is 3. The van der Waals surface area contributed by atoms with Gasteiger partial charge in [-0.1, -0.05) is 13.8 Å². The highest BCUT2D eigenvalue weighted by molar-refractivity contribution is 5.59. The normalized spacial score (nSPS) is 17.2. The van der Waals surface area contributed by atoms with Crippen LogP contribution < -0.4 is 10.6 Å². The lowest BCUT2D eigenvalue weighted by Gasteiger charge is -2.23. The average Bonchev–Trinajstić information content (AvgIpc) is 3.12. The van der Waals surface area contributed by atoms with Gasteiger partial charge in [-0.2, -0.15) is 13.2 Å². The molecule has 1 saturated carbocycles. The van der Waals surface area contributed by atoms with Crippen LogP contribution in [0.4, 0.5) is 24.8 Å². The summed E-state index contributed by atoms with van der Waals surface area (Å²) in [6.07, 6.45) is -4.08. The molecule has 1 fully saturated rings. The molecule has 1 aliphatic carbocycles. The summed E-state index contributed by atoms with van der Waals surface area (Å²) in [5.74, 6) is 1.40. The van der Waals surface area contributed by atoms with Gasteiger partial charge in [-0.3, -0.25) is 0 Å². The van der Waals surface area contributed by atoms with Crippen molar-refractivity contribution in [2.75, 3.05) is 17.7 Å². The number of anilines is 2. The molecule has 0 amide bonds. The number of rotatable bonds is 4. The first-order valence-corrected chi connectivity index (χ1v) is 6.61. The van der Waals surface area contributed by atoms with E-state index in [0.717, 1.165) is 0 Å². The summed E-state index contributed by atoms with van der Waals surface area (Å²) >= 11 is 0. The van der Waals surface area contributed by atoms with Gasteiger partial charge in [0.2, 0.25) is 0 Å². The molecule has 1 aliphatic rings. The van der Waals surface area contributed by atoms with Gasteiger partial charge in [-0.15, -0.1) is 0 Å². The van der Waals surface area contributed by atoms with Gasteiger partial charge in [0, 0.05) is 18.5 Å². The van der Waals surface area contributed by atoms with Crippen LogP contribution in [0.2, 0.25) is 0 Å². The highest BCUT2D eigenvalue weighted by atomic mass is 19.4. The van der Waals surface area contributed by atoms with E-state index < -0.39 is 11.7 Å². The molecule has 20 heavy (non-hydrogen) atoms. The van der Waals surface area contributed by atoms with Crippen molar-refractivity contribution < 1.29 is 13.2 Å². The van der Waals surface area contributed by atoms with E-state index in [-0.39, 0.29) is 24.6 Å². The third-order valence-corrected chi connectivity index (χ3v) is 3.57. The lowest BCUT2D eigenvalue weighted by atomic mass is 10.2. The van der Waals surface area contributed by atoms with Crippen molar-refractivity contribution >= 4 is 11.6 Å². The standard InChI is InChI=1S/C13H19F3N4/c1-7(2)9-18-10(17-4)8(3)11(19-9)20-12(5-6-12)13(14,15)16/h7H,5-6H2,1-4H3,(H2,17,18,19,20). The van der Waals surface area contributed by atoms with Gasteiger partial charge in [0.15, 0.2) is 0 Å². The first-order chi connectivity index (χ1) is 9.20. The number of aromatic nitrogens is 2. The molecule has 112 valence electrons. The van der Waals surface area contributed by atoms with E-state index in [1.165, 1.54) is 0 Å². The Hall–Kier alpha value is -1.53. The second-order valence-electron chi connectivity index (χ2n) is 5.51. The maximum absolute atomic E-state index is 13.0. The minimum Gasteiger partial charge on any atom is -0.373 e. The van der Waals surface area contributed by atoms with Gasteiger partial charge in [-0.25, -0.2) is 9.97 Å². The zero-order valence-electron chi connectivity index (χ0n) is 12.0. The van der Waals surface area contributed by atoms with E-state index in [0.29, 0.717) is 17.2 Å². The summed E-state index contributed by atoms with van der Waals surface area (Å²) < 4.78 is 39.1. The second-order valence-corrected chi connectivity index (χ2v) is 5.51. The molecule has 2 N–H and O–H groups in total. The van der Waals surface area contributed by atoms with Gasteiger partial charge in [0.1, 0.15) is 23.0 Å². The predicted octanol–water partition coefficient (Wildman–Crippen LogP) is 3.46. The molecular formula is C13H19F3N4. The van der Waals surface area contributed by atoms with Gasteiger partial charge in [-0.05, 0) is 19.8 Å². The van der Waals surface area contributed by atoms with E-state index in [2.05, 4.69) is 20.6 Å². The maximum Gasteiger partial charge on any atom is 0.411 e. The Bertz CT molecular complexity index is 507. The van der Waals surface area contributed by atoms with Crippen LogP contribution in [0.1, 0.15) is 44.0 Å². The van der Waals surface area contributed by atoms with Crippen molar-refractivity contribution in [1.29, 1.82) is 0 Å². The van der Waals surface area contributed by atoms with Crippen molar-refractivity contribution in [2.24, 2.45) is 0 Å². The van der Waals surface area contributed by atoms with Gasteiger partial charge in [0.25, 0.3) is 0 Å². The van der Waals surface area contributed by atoms with Crippen molar-refractivity contribution in [3.63, 3.8) is 0 Å². The smallest absolute Gasteiger partial charge is 0.373 e. The molecule has 2 rings (SSSR count). The second kappa shape index (κ2) is 4.79. The molecule has 0 atom stereocenters. The Kier molecular flexibility index (Phi) is 3.56. The first kappa shape index (κ1) is 14.9. The van der Waals surface area contributed by atoms with Crippen LogP contribution in [-0.4, -0.2) is 28.7 Å². The van der Waals surface area contributed by atoms with Crippen molar-refractivity contribution in [2.45, 2.75) is 51.2 Å². The fourth-order valence-corrected chi connectivity index (χ4v) is 1.99. The minimum absolute atomic E-state index is 0.0456. The highest BCUT2D eigenvalue weighted by Crippen LogP contribution is 2.51. The molecule has 0 aliphatic heterocycles. The van der Waals surface area contributed by atoms with Crippen LogP contribution in [0.3, 0.4) is 0 Å². The SMILES string of the molecule is CNc1nc(C(C)C)nc(NC2(C(F)(F)F)CC2)c1C. The number of nitrogens with one attached hydrogen (secondary N) is 2. The van der Waals surface area contributed by atoms with E-state index in [1.54, 1.807) is 14.0 Å². The molecule has 0 unspecified atom stereocenters. The van der Waals surface area contributed by atoms with E-state index in [4.69, 9.17) is 0 Å². The fourth-order valence-electron chi connectivity index (χ4n) is 1.99. The van der Waals surface area contributed by atoms with Gasteiger partial charge in [0.05, 0.1) is 0 Å². The molecular weight excluding hydrogens is 269 g/mol. The maximum atomic E-state index is 13.0. The quantitative estimate of drug-likeness (QED) is 0.891. The number of hydrogen-bond donors (Lipinski definition) is 2. The topological polar surface area (TPSA) is 49.8 Å². The highest BCUT2D eigenvalue weighted by Gasteiger charge is 2.63. The minimum atomic E-state index is -4.26. The van der Waals surface area contributed by atoms with Crippen molar-refractivity contribution in [3.05, 3.63) is 11.4 Å². The van der Waals surface area contributed by atoms with Crippen LogP contribution in [0, 0.1) is 6.92 Å². The molecule has 7 heteroatoms. The predicted molar refractivity (Wildman–Crippen MR) is 72.0 cm³/mol. The lowest BCUT2D eigenvalue weighted by Crippen LogP contribution is -2.39. The Morgan fingerprint density at radius 3 is 2.10 bits per heavy atom. The average molecular weight is 288 g/mol. The molecule has 0 aromatic carbocycles. The fraction of sp³-hybridized carbons (Fsp3) is 0.692. The van der Waals surface area contributed by atoms with Crippen molar-refractivity contribution in [3.8, 4) is 0 Å². The summed E-state index contributed by atoms with van der Waals surface area (Å²) in [4.78, 5) is 8.58. The molecule has 0 saturated heterocycles. The molecule has 0 spiro atoms. The first-order valence-electron chi connectivity index (χ1n) is 6.61. The molecule has 1 heterocycles. The summed E-state index contributed by atoms with van der Waals surface area (Å²) in [6.45, 7) is 5.53. The van der Waals surface area contributed by atoms with E-state index >= 15 is 0 Å². The van der Waals surface area contributed by atoms with Crippen molar-refractivity contribution in [1.82, 2.24) is 9.97 Å². The molecule has 1 aromatic rings. The Balaban J connectivity index is 2.39. The van der Waals surface area contributed by atoms with Gasteiger partial charge < -0.3 is 10.6 Å². The lowest BCUT2D eigenvalue weighted by molar-refractivity contribution is -0.151. The van der Waals surface area contributed by atoms with Crippen LogP contribution in [0.15, 0.2) is 0 Å². The third-order valence-electron chi connectivity index (χ3n) is 3.57. The number of nitrogens with zero attached hydrogens (tertiary/aromatic N) is 2. The molecule has 0 bridgehead atoms. The third kappa shape index (κ3) is 2.53. The number of hydrogen-bond acceptors (Lipinski definition) is 4. The number of alkyl halides is 3. The molecule has 0 radical (unpaired) electrons. The van der Waals surface area contributed by atoms with Crippen LogP contribution in [-0.2, 0) is 0 Å². The monoisotopic (exact) mass is 288 g/mol. The van der Waals surface area contributed by atoms with Gasteiger partial charge >= 0.3 is 6.18 Å². The largest absolute Gasteiger partial charge is 0.411 e.